The minimum absolute atomic E-state index is 0.107. The standard InChI is InChI=1S/C24H26N4O2/c1-16-21(23(29)27-13-6-3-7-14-27)22(17-9-8-10-18(15-17)30-2)28-20-12-5-4-11-19(20)26-24(28)25-16/h4-5,8-12,15,22H,3,6-7,13-14H2,1-2H3,(H,25,26). The lowest BCUT2D eigenvalue weighted by Gasteiger charge is -2.35. The van der Waals surface area contributed by atoms with Gasteiger partial charge in [-0.2, -0.15) is 0 Å². The van der Waals surface area contributed by atoms with Crippen molar-refractivity contribution < 1.29 is 9.53 Å². The van der Waals surface area contributed by atoms with Crippen molar-refractivity contribution in [3.05, 3.63) is 65.4 Å². The van der Waals surface area contributed by atoms with Crippen LogP contribution in [-0.4, -0.2) is 40.6 Å². The zero-order valence-corrected chi connectivity index (χ0v) is 17.4. The number of aromatic nitrogens is 2. The van der Waals surface area contributed by atoms with Crippen molar-refractivity contribution >= 4 is 22.9 Å². The summed E-state index contributed by atoms with van der Waals surface area (Å²) >= 11 is 0. The third-order valence-corrected chi connectivity index (χ3v) is 6.11. The number of benzene rings is 2. The molecular weight excluding hydrogens is 376 g/mol. The van der Waals surface area contributed by atoms with E-state index in [4.69, 9.17) is 9.72 Å². The van der Waals surface area contributed by atoms with E-state index in [0.29, 0.717) is 0 Å². The third-order valence-electron chi connectivity index (χ3n) is 6.11. The molecule has 0 saturated carbocycles. The predicted octanol–water partition coefficient (Wildman–Crippen LogP) is 4.35. The number of anilines is 1. The van der Waals surface area contributed by atoms with Crippen LogP contribution in [0.4, 0.5) is 5.95 Å². The fourth-order valence-electron chi connectivity index (χ4n) is 4.64. The van der Waals surface area contributed by atoms with E-state index in [-0.39, 0.29) is 11.9 Å². The number of nitrogens with zero attached hydrogens (tertiary/aromatic N) is 3. The van der Waals surface area contributed by atoms with Gasteiger partial charge in [0.25, 0.3) is 5.91 Å². The second kappa shape index (κ2) is 7.52. The van der Waals surface area contributed by atoms with Gasteiger partial charge in [-0.15, -0.1) is 0 Å². The fraction of sp³-hybridized carbons (Fsp3) is 0.333. The van der Waals surface area contributed by atoms with E-state index in [1.54, 1.807) is 7.11 Å². The summed E-state index contributed by atoms with van der Waals surface area (Å²) in [6.07, 6.45) is 3.32. The van der Waals surface area contributed by atoms with Gasteiger partial charge in [0.2, 0.25) is 5.95 Å². The van der Waals surface area contributed by atoms with Crippen molar-refractivity contribution in [2.45, 2.75) is 32.2 Å². The van der Waals surface area contributed by atoms with E-state index in [0.717, 1.165) is 65.5 Å². The third kappa shape index (κ3) is 3.03. The molecule has 1 aromatic heterocycles. The Balaban J connectivity index is 1.70. The first-order chi connectivity index (χ1) is 14.7. The van der Waals surface area contributed by atoms with Crippen LogP contribution in [-0.2, 0) is 4.79 Å². The van der Waals surface area contributed by atoms with Gasteiger partial charge in [0.1, 0.15) is 5.75 Å². The first-order valence-electron chi connectivity index (χ1n) is 10.6. The number of allylic oxidation sites excluding steroid dienone is 1. The molecule has 6 heteroatoms. The Morgan fingerprint density at radius 1 is 1.10 bits per heavy atom. The zero-order chi connectivity index (χ0) is 20.7. The fourth-order valence-corrected chi connectivity index (χ4v) is 4.64. The molecular formula is C24H26N4O2. The smallest absolute Gasteiger partial charge is 0.254 e. The first-order valence-corrected chi connectivity index (χ1v) is 10.6. The molecule has 3 heterocycles. The van der Waals surface area contributed by atoms with Crippen LogP contribution in [0.25, 0.3) is 11.0 Å². The Morgan fingerprint density at radius 2 is 1.90 bits per heavy atom. The molecule has 1 unspecified atom stereocenters. The Morgan fingerprint density at radius 3 is 2.70 bits per heavy atom. The van der Waals surface area contributed by atoms with Gasteiger partial charge in [-0.3, -0.25) is 9.36 Å². The molecule has 154 valence electrons. The number of carbonyl (C=O) groups excluding carboxylic acids is 1. The summed E-state index contributed by atoms with van der Waals surface area (Å²) in [6, 6.07) is 15.8. The first kappa shape index (κ1) is 18.7. The number of hydrogen-bond donors (Lipinski definition) is 1. The lowest BCUT2D eigenvalue weighted by atomic mass is 9.93. The molecule has 6 nitrogen and oxygen atoms in total. The van der Waals surface area contributed by atoms with E-state index >= 15 is 0 Å². The SMILES string of the molecule is COc1cccc(C2C(C(=O)N3CCCCC3)=C(C)Nc3nc4ccccc4n32)c1. The van der Waals surface area contributed by atoms with Crippen molar-refractivity contribution in [1.82, 2.24) is 14.5 Å². The van der Waals surface area contributed by atoms with Crippen LogP contribution >= 0.6 is 0 Å². The maximum absolute atomic E-state index is 13.7. The second-order valence-corrected chi connectivity index (χ2v) is 7.99. The molecule has 0 spiro atoms. The van der Waals surface area contributed by atoms with E-state index < -0.39 is 0 Å². The highest BCUT2D eigenvalue weighted by Gasteiger charge is 2.36. The second-order valence-electron chi connectivity index (χ2n) is 7.99. The zero-order valence-electron chi connectivity index (χ0n) is 17.4. The number of methoxy groups -OCH3 is 1. The molecule has 30 heavy (non-hydrogen) atoms. The number of fused-ring (bicyclic) bond motifs is 3. The molecule has 2 aliphatic rings. The molecule has 0 radical (unpaired) electrons. The number of hydrogen-bond acceptors (Lipinski definition) is 4. The van der Waals surface area contributed by atoms with Crippen molar-refractivity contribution in [2.24, 2.45) is 0 Å². The Labute approximate surface area is 176 Å². The Bertz CT molecular complexity index is 1140. The van der Waals surface area contributed by atoms with Gasteiger partial charge in [0, 0.05) is 18.8 Å². The molecule has 1 N–H and O–H groups in total. The molecule has 1 fully saturated rings. The van der Waals surface area contributed by atoms with E-state index in [2.05, 4.69) is 22.0 Å². The number of carbonyl (C=O) groups is 1. The van der Waals surface area contributed by atoms with Crippen LogP contribution in [0.1, 0.15) is 37.8 Å². The van der Waals surface area contributed by atoms with Crippen LogP contribution in [0.15, 0.2) is 59.8 Å². The highest BCUT2D eigenvalue weighted by molar-refractivity contribution is 5.98. The molecule has 0 bridgehead atoms. The van der Waals surface area contributed by atoms with Gasteiger partial charge >= 0.3 is 0 Å². The highest BCUT2D eigenvalue weighted by Crippen LogP contribution is 2.40. The maximum Gasteiger partial charge on any atom is 0.254 e. The largest absolute Gasteiger partial charge is 0.497 e. The van der Waals surface area contributed by atoms with Crippen LogP contribution in [0.2, 0.25) is 0 Å². The number of rotatable bonds is 3. The van der Waals surface area contributed by atoms with Crippen molar-refractivity contribution in [3.63, 3.8) is 0 Å². The van der Waals surface area contributed by atoms with Gasteiger partial charge in [-0.1, -0.05) is 24.3 Å². The number of imidazole rings is 1. The molecule has 2 aromatic carbocycles. The summed E-state index contributed by atoms with van der Waals surface area (Å²) in [6.45, 7) is 3.61. The lowest BCUT2D eigenvalue weighted by Crippen LogP contribution is -2.40. The average molecular weight is 402 g/mol. The van der Waals surface area contributed by atoms with E-state index in [1.807, 2.05) is 48.2 Å². The molecule has 1 saturated heterocycles. The summed E-state index contributed by atoms with van der Waals surface area (Å²) in [5, 5.41) is 3.40. The number of likely N-dealkylation sites (tertiary alicyclic amines) is 1. The van der Waals surface area contributed by atoms with Gasteiger partial charge in [-0.25, -0.2) is 4.98 Å². The lowest BCUT2D eigenvalue weighted by molar-refractivity contribution is -0.128. The number of nitrogens with one attached hydrogen (secondary N) is 1. The minimum Gasteiger partial charge on any atom is -0.497 e. The minimum atomic E-state index is -0.266. The monoisotopic (exact) mass is 402 g/mol. The summed E-state index contributed by atoms with van der Waals surface area (Å²) in [4.78, 5) is 20.5. The summed E-state index contributed by atoms with van der Waals surface area (Å²) in [5.74, 6) is 1.65. The number of para-hydroxylation sites is 2. The van der Waals surface area contributed by atoms with Crippen molar-refractivity contribution in [3.8, 4) is 5.75 Å². The van der Waals surface area contributed by atoms with Gasteiger partial charge in [0.15, 0.2) is 0 Å². The highest BCUT2D eigenvalue weighted by atomic mass is 16.5. The van der Waals surface area contributed by atoms with Gasteiger partial charge in [0.05, 0.1) is 29.8 Å². The normalized spacial score (nSPS) is 18.9. The van der Waals surface area contributed by atoms with Crippen molar-refractivity contribution in [1.29, 1.82) is 0 Å². The van der Waals surface area contributed by atoms with E-state index in [1.165, 1.54) is 6.42 Å². The van der Waals surface area contributed by atoms with E-state index in [9.17, 15) is 4.79 Å². The van der Waals surface area contributed by atoms with Crippen LogP contribution in [0.5, 0.6) is 5.75 Å². The Kier molecular flexibility index (Phi) is 4.69. The van der Waals surface area contributed by atoms with Crippen molar-refractivity contribution in [2.75, 3.05) is 25.5 Å². The Hall–Kier alpha value is -3.28. The molecule has 1 atom stereocenters. The number of piperidine rings is 1. The van der Waals surface area contributed by atoms with Crippen LogP contribution < -0.4 is 10.1 Å². The number of amides is 1. The van der Waals surface area contributed by atoms with Crippen LogP contribution in [0, 0.1) is 0 Å². The summed E-state index contributed by atoms with van der Waals surface area (Å²) in [7, 11) is 1.67. The quantitative estimate of drug-likeness (QED) is 0.708. The topological polar surface area (TPSA) is 59.4 Å². The molecule has 1 amide bonds. The van der Waals surface area contributed by atoms with Crippen LogP contribution in [0.3, 0.4) is 0 Å². The molecule has 0 aliphatic carbocycles. The average Bonchev–Trinajstić information content (AvgIpc) is 3.16. The number of ether oxygens (including phenoxy) is 1. The molecule has 5 rings (SSSR count). The molecule has 3 aromatic rings. The van der Waals surface area contributed by atoms with Gasteiger partial charge in [-0.05, 0) is 56.0 Å². The summed E-state index contributed by atoms with van der Waals surface area (Å²) in [5.41, 5.74) is 4.57. The molecule has 2 aliphatic heterocycles. The summed E-state index contributed by atoms with van der Waals surface area (Å²) < 4.78 is 7.64. The van der Waals surface area contributed by atoms with Gasteiger partial charge < -0.3 is 15.0 Å². The maximum atomic E-state index is 13.7. The predicted molar refractivity (Wildman–Crippen MR) is 118 cm³/mol.